The van der Waals surface area contributed by atoms with Gasteiger partial charge in [-0.15, -0.1) is 6.58 Å². The molecular weight excluding hydrogens is 244 g/mol. The van der Waals surface area contributed by atoms with E-state index in [9.17, 15) is 9.59 Å². The molecule has 1 aromatic rings. The van der Waals surface area contributed by atoms with Crippen molar-refractivity contribution in [3.63, 3.8) is 0 Å². The SMILES string of the molecule is C=CCNC(=O)N(CC(=O)OC)Cc1ccccc1. The summed E-state index contributed by atoms with van der Waals surface area (Å²) in [5.74, 6) is -0.454. The van der Waals surface area contributed by atoms with Gasteiger partial charge < -0.3 is 15.0 Å². The molecule has 0 heterocycles. The van der Waals surface area contributed by atoms with Crippen molar-refractivity contribution >= 4 is 12.0 Å². The van der Waals surface area contributed by atoms with Crippen molar-refractivity contribution in [3.05, 3.63) is 48.6 Å². The lowest BCUT2D eigenvalue weighted by atomic mass is 10.2. The summed E-state index contributed by atoms with van der Waals surface area (Å²) in [5.41, 5.74) is 0.945. The summed E-state index contributed by atoms with van der Waals surface area (Å²) in [6.07, 6.45) is 1.58. The van der Waals surface area contributed by atoms with Gasteiger partial charge in [-0.2, -0.15) is 0 Å². The number of ether oxygens (including phenoxy) is 1. The summed E-state index contributed by atoms with van der Waals surface area (Å²) in [5, 5.41) is 2.64. The molecule has 0 saturated carbocycles. The topological polar surface area (TPSA) is 58.6 Å². The number of benzene rings is 1. The monoisotopic (exact) mass is 262 g/mol. The number of methoxy groups -OCH3 is 1. The number of carbonyl (C=O) groups is 2. The summed E-state index contributed by atoms with van der Waals surface area (Å²) in [7, 11) is 1.30. The molecule has 0 aliphatic carbocycles. The summed E-state index contributed by atoms with van der Waals surface area (Å²) in [6, 6.07) is 9.12. The van der Waals surface area contributed by atoms with Crippen molar-refractivity contribution in [2.45, 2.75) is 6.54 Å². The van der Waals surface area contributed by atoms with Gasteiger partial charge in [0.1, 0.15) is 6.54 Å². The van der Waals surface area contributed by atoms with E-state index in [1.807, 2.05) is 30.3 Å². The molecule has 0 fully saturated rings. The van der Waals surface area contributed by atoms with Crippen LogP contribution >= 0.6 is 0 Å². The molecule has 5 heteroatoms. The average molecular weight is 262 g/mol. The van der Waals surface area contributed by atoms with Crippen LogP contribution in [0.25, 0.3) is 0 Å². The summed E-state index contributed by atoms with van der Waals surface area (Å²) in [4.78, 5) is 24.6. The first-order valence-electron chi connectivity index (χ1n) is 5.91. The van der Waals surface area contributed by atoms with Crippen LogP contribution in [0.3, 0.4) is 0 Å². The molecule has 0 unspecified atom stereocenters. The molecule has 0 aromatic heterocycles. The van der Waals surface area contributed by atoms with Gasteiger partial charge in [0.25, 0.3) is 0 Å². The Bertz CT molecular complexity index is 432. The molecule has 1 rings (SSSR count). The minimum atomic E-state index is -0.454. The van der Waals surface area contributed by atoms with E-state index < -0.39 is 5.97 Å². The molecule has 0 radical (unpaired) electrons. The predicted octanol–water partition coefficient (Wildman–Crippen LogP) is 1.56. The summed E-state index contributed by atoms with van der Waals surface area (Å²) in [6.45, 7) is 4.14. The van der Waals surface area contributed by atoms with Crippen LogP contribution < -0.4 is 5.32 Å². The van der Waals surface area contributed by atoms with Gasteiger partial charge in [0, 0.05) is 13.1 Å². The maximum Gasteiger partial charge on any atom is 0.325 e. The maximum atomic E-state index is 11.9. The smallest absolute Gasteiger partial charge is 0.325 e. The number of nitrogens with zero attached hydrogens (tertiary/aromatic N) is 1. The van der Waals surface area contributed by atoms with Crippen LogP contribution in [0.15, 0.2) is 43.0 Å². The van der Waals surface area contributed by atoms with Crippen molar-refractivity contribution in [1.82, 2.24) is 10.2 Å². The van der Waals surface area contributed by atoms with Crippen LogP contribution in [0, 0.1) is 0 Å². The van der Waals surface area contributed by atoms with E-state index in [0.717, 1.165) is 5.56 Å². The highest BCUT2D eigenvalue weighted by Gasteiger charge is 2.17. The van der Waals surface area contributed by atoms with Crippen LogP contribution in [-0.2, 0) is 16.1 Å². The van der Waals surface area contributed by atoms with E-state index in [1.165, 1.54) is 12.0 Å². The first-order chi connectivity index (χ1) is 9.17. The Labute approximate surface area is 112 Å². The molecule has 102 valence electrons. The lowest BCUT2D eigenvalue weighted by Crippen LogP contribution is -2.42. The second-order valence-corrected chi connectivity index (χ2v) is 3.89. The van der Waals surface area contributed by atoms with Gasteiger partial charge in [-0.1, -0.05) is 36.4 Å². The zero-order valence-electron chi connectivity index (χ0n) is 11.0. The second-order valence-electron chi connectivity index (χ2n) is 3.89. The Morgan fingerprint density at radius 3 is 2.63 bits per heavy atom. The lowest BCUT2D eigenvalue weighted by molar-refractivity contribution is -0.141. The highest BCUT2D eigenvalue weighted by Crippen LogP contribution is 2.04. The van der Waals surface area contributed by atoms with Crippen molar-refractivity contribution in [3.8, 4) is 0 Å². The standard InChI is InChI=1S/C14H18N2O3/c1-3-9-15-14(18)16(11-13(17)19-2)10-12-7-5-4-6-8-12/h3-8H,1,9-11H2,2H3,(H,15,18). The Morgan fingerprint density at radius 2 is 2.05 bits per heavy atom. The molecule has 0 aliphatic rings. The fourth-order valence-corrected chi connectivity index (χ4v) is 1.49. The molecule has 1 N–H and O–H groups in total. The number of nitrogens with one attached hydrogen (secondary N) is 1. The quantitative estimate of drug-likeness (QED) is 0.625. The summed E-state index contributed by atoms with van der Waals surface area (Å²) >= 11 is 0. The number of hydrogen-bond acceptors (Lipinski definition) is 3. The Balaban J connectivity index is 2.71. The molecular formula is C14H18N2O3. The molecule has 0 atom stereocenters. The van der Waals surface area contributed by atoms with Crippen molar-refractivity contribution in [1.29, 1.82) is 0 Å². The molecule has 0 aliphatic heterocycles. The molecule has 19 heavy (non-hydrogen) atoms. The molecule has 0 spiro atoms. The van der Waals surface area contributed by atoms with Crippen LogP contribution in [0.5, 0.6) is 0 Å². The second kappa shape index (κ2) is 7.92. The predicted molar refractivity (Wildman–Crippen MR) is 72.5 cm³/mol. The molecule has 1 aromatic carbocycles. The average Bonchev–Trinajstić information content (AvgIpc) is 2.44. The fraction of sp³-hybridized carbons (Fsp3) is 0.286. The van der Waals surface area contributed by atoms with Crippen molar-refractivity contribution in [2.24, 2.45) is 0 Å². The van der Waals surface area contributed by atoms with Gasteiger partial charge in [-0.3, -0.25) is 4.79 Å². The number of amides is 2. The minimum Gasteiger partial charge on any atom is -0.468 e. The van der Waals surface area contributed by atoms with Gasteiger partial charge in [0.15, 0.2) is 0 Å². The molecule has 0 saturated heterocycles. The maximum absolute atomic E-state index is 11.9. The van der Waals surface area contributed by atoms with Gasteiger partial charge >= 0.3 is 12.0 Å². The zero-order chi connectivity index (χ0) is 14.1. The minimum absolute atomic E-state index is 0.0889. The first-order valence-corrected chi connectivity index (χ1v) is 5.91. The number of carbonyl (C=O) groups excluding carboxylic acids is 2. The van der Waals surface area contributed by atoms with E-state index in [4.69, 9.17) is 0 Å². The van der Waals surface area contributed by atoms with Crippen LogP contribution in [0.2, 0.25) is 0 Å². The molecule has 0 bridgehead atoms. The van der Waals surface area contributed by atoms with E-state index >= 15 is 0 Å². The highest BCUT2D eigenvalue weighted by atomic mass is 16.5. The number of urea groups is 1. The Hall–Kier alpha value is -2.30. The number of esters is 1. The van der Waals surface area contributed by atoms with E-state index in [-0.39, 0.29) is 12.6 Å². The Morgan fingerprint density at radius 1 is 1.37 bits per heavy atom. The van der Waals surface area contributed by atoms with Crippen LogP contribution in [-0.4, -0.2) is 37.1 Å². The summed E-state index contributed by atoms with van der Waals surface area (Å²) < 4.78 is 4.59. The van der Waals surface area contributed by atoms with E-state index in [1.54, 1.807) is 6.08 Å². The molecule has 2 amide bonds. The van der Waals surface area contributed by atoms with Gasteiger partial charge in [0.05, 0.1) is 7.11 Å². The largest absolute Gasteiger partial charge is 0.468 e. The molecule has 5 nitrogen and oxygen atoms in total. The third-order valence-corrected chi connectivity index (χ3v) is 2.45. The highest BCUT2D eigenvalue weighted by molar-refractivity contribution is 5.80. The Kier molecular flexibility index (Phi) is 6.15. The zero-order valence-corrected chi connectivity index (χ0v) is 11.0. The number of hydrogen-bond donors (Lipinski definition) is 1. The lowest BCUT2D eigenvalue weighted by Gasteiger charge is -2.21. The van der Waals surface area contributed by atoms with Crippen molar-refractivity contribution < 1.29 is 14.3 Å². The number of rotatable bonds is 6. The normalized spacial score (nSPS) is 9.53. The van der Waals surface area contributed by atoms with Gasteiger partial charge in [0.2, 0.25) is 0 Å². The van der Waals surface area contributed by atoms with Crippen LogP contribution in [0.1, 0.15) is 5.56 Å². The van der Waals surface area contributed by atoms with Gasteiger partial charge in [-0.05, 0) is 5.56 Å². The van der Waals surface area contributed by atoms with Gasteiger partial charge in [-0.25, -0.2) is 4.79 Å². The third-order valence-electron chi connectivity index (χ3n) is 2.45. The third kappa shape index (κ3) is 5.25. The van der Waals surface area contributed by atoms with Crippen molar-refractivity contribution in [2.75, 3.05) is 20.2 Å². The fourth-order valence-electron chi connectivity index (χ4n) is 1.49. The first kappa shape index (κ1) is 14.8. The van der Waals surface area contributed by atoms with Crippen LogP contribution in [0.4, 0.5) is 4.79 Å². The van der Waals surface area contributed by atoms with E-state index in [2.05, 4.69) is 16.6 Å². The van der Waals surface area contributed by atoms with E-state index in [0.29, 0.717) is 13.1 Å².